The number of amides is 1. The molecule has 3 aromatic rings. The van der Waals surface area contributed by atoms with Crippen molar-refractivity contribution in [2.24, 2.45) is 0 Å². The molecule has 0 unspecified atom stereocenters. The summed E-state index contributed by atoms with van der Waals surface area (Å²) in [7, 11) is 0. The third-order valence-corrected chi connectivity index (χ3v) is 7.14. The van der Waals surface area contributed by atoms with Crippen LogP contribution < -0.4 is 10.2 Å². The molecule has 2 heterocycles. The number of nitrogens with zero attached hydrogens (tertiary/aromatic N) is 3. The summed E-state index contributed by atoms with van der Waals surface area (Å²) in [6.07, 6.45) is 0. The first-order chi connectivity index (χ1) is 17.4. The number of anilines is 2. The van der Waals surface area contributed by atoms with Crippen LogP contribution in [0.4, 0.5) is 17.1 Å². The Morgan fingerprint density at radius 3 is 2.50 bits per heavy atom. The Bertz CT molecular complexity index is 1260. The molecule has 9 nitrogen and oxygen atoms in total. The maximum absolute atomic E-state index is 12.9. The minimum atomic E-state index is -0.474. The number of hydrogen-bond donors (Lipinski definition) is 1. The molecule has 0 bridgehead atoms. The summed E-state index contributed by atoms with van der Waals surface area (Å²) in [6, 6.07) is 16.1. The largest absolute Gasteiger partial charge is 0.462 e. The lowest BCUT2D eigenvalue weighted by atomic mass is 10.2. The van der Waals surface area contributed by atoms with Crippen LogP contribution in [0.15, 0.2) is 54.6 Å². The summed E-state index contributed by atoms with van der Waals surface area (Å²) < 4.78 is 5.19. The lowest BCUT2D eigenvalue weighted by Crippen LogP contribution is -2.48. The van der Waals surface area contributed by atoms with Gasteiger partial charge >= 0.3 is 5.97 Å². The van der Waals surface area contributed by atoms with E-state index in [4.69, 9.17) is 16.3 Å². The van der Waals surface area contributed by atoms with Crippen LogP contribution in [0, 0.1) is 10.1 Å². The smallest absolute Gasteiger partial charge is 0.350 e. The number of nitro groups is 1. The Balaban J connectivity index is 1.41. The fourth-order valence-corrected chi connectivity index (χ4v) is 5.21. The molecular weight excluding hydrogens is 504 g/mol. The molecule has 11 heteroatoms. The Kier molecular flexibility index (Phi) is 8.19. The Hall–Kier alpha value is -3.47. The monoisotopic (exact) mass is 528 g/mol. The van der Waals surface area contributed by atoms with Gasteiger partial charge in [0.1, 0.15) is 10.6 Å². The van der Waals surface area contributed by atoms with E-state index in [1.54, 1.807) is 25.1 Å². The van der Waals surface area contributed by atoms with Crippen LogP contribution in [0.25, 0.3) is 10.4 Å². The number of rotatable bonds is 8. The Morgan fingerprint density at radius 2 is 1.83 bits per heavy atom. The molecule has 1 aliphatic rings. The van der Waals surface area contributed by atoms with Gasteiger partial charge in [0.15, 0.2) is 0 Å². The number of carbonyl (C=O) groups is 2. The molecule has 1 aliphatic heterocycles. The number of esters is 1. The van der Waals surface area contributed by atoms with E-state index in [1.165, 1.54) is 17.4 Å². The highest BCUT2D eigenvalue weighted by Crippen LogP contribution is 2.35. The van der Waals surface area contributed by atoms with Crippen LogP contribution in [0.2, 0.25) is 5.02 Å². The molecule has 188 valence electrons. The van der Waals surface area contributed by atoms with E-state index in [9.17, 15) is 19.7 Å². The zero-order valence-corrected chi connectivity index (χ0v) is 21.2. The standard InChI is InChI=1S/C25H25ClN4O5S/c1-2-35-25(32)24-19(15-22(36-24)17-6-4-3-5-7-17)27-23(31)16-28-10-12-29(13-11-28)20-9-8-18(26)14-21(20)30(33)34/h3-9,14-15H,2,10-13,16H2,1H3,(H,27,31). The number of piperazine rings is 1. The number of ether oxygens (including phenoxy) is 1. The van der Waals surface area contributed by atoms with E-state index in [0.717, 1.165) is 10.4 Å². The first-order valence-corrected chi connectivity index (χ1v) is 12.6. The first kappa shape index (κ1) is 25.6. The molecule has 0 spiro atoms. The van der Waals surface area contributed by atoms with E-state index in [-0.39, 0.29) is 24.7 Å². The van der Waals surface area contributed by atoms with Gasteiger partial charge in [0.2, 0.25) is 5.91 Å². The van der Waals surface area contributed by atoms with Crippen molar-refractivity contribution in [3.63, 3.8) is 0 Å². The third-order valence-electron chi connectivity index (χ3n) is 5.74. The molecule has 1 aromatic heterocycles. The number of nitro benzene ring substituents is 1. The molecule has 0 saturated carbocycles. The molecule has 1 amide bonds. The second kappa shape index (κ2) is 11.5. The summed E-state index contributed by atoms with van der Waals surface area (Å²) in [5.74, 6) is -0.720. The number of carbonyl (C=O) groups excluding carboxylic acids is 2. The lowest BCUT2D eigenvalue weighted by Gasteiger charge is -2.35. The number of thiophene rings is 1. The van der Waals surface area contributed by atoms with Gasteiger partial charge in [0.25, 0.3) is 5.69 Å². The van der Waals surface area contributed by atoms with Gasteiger partial charge in [-0.25, -0.2) is 4.79 Å². The maximum atomic E-state index is 12.9. The quantitative estimate of drug-likeness (QED) is 0.251. The minimum absolute atomic E-state index is 0.0353. The highest BCUT2D eigenvalue weighted by molar-refractivity contribution is 7.18. The third kappa shape index (κ3) is 6.01. The van der Waals surface area contributed by atoms with Gasteiger partial charge in [0, 0.05) is 42.1 Å². The number of hydrogen-bond acceptors (Lipinski definition) is 8. The van der Waals surface area contributed by atoms with Crippen molar-refractivity contribution in [2.45, 2.75) is 6.92 Å². The van der Waals surface area contributed by atoms with Crippen LogP contribution in [-0.4, -0.2) is 61.0 Å². The molecule has 4 rings (SSSR count). The normalized spacial score (nSPS) is 13.9. The second-order valence-electron chi connectivity index (χ2n) is 8.14. The maximum Gasteiger partial charge on any atom is 0.350 e. The summed E-state index contributed by atoms with van der Waals surface area (Å²) in [5, 5.41) is 14.6. The molecule has 0 atom stereocenters. The van der Waals surface area contributed by atoms with Gasteiger partial charge in [-0.1, -0.05) is 41.9 Å². The predicted octanol–water partition coefficient (Wildman–Crippen LogP) is 4.91. The first-order valence-electron chi connectivity index (χ1n) is 11.4. The van der Waals surface area contributed by atoms with Gasteiger partial charge in [-0.15, -0.1) is 11.3 Å². The Morgan fingerprint density at radius 1 is 1.11 bits per heavy atom. The van der Waals surface area contributed by atoms with Gasteiger partial charge in [-0.05, 0) is 30.7 Å². The van der Waals surface area contributed by atoms with Crippen LogP contribution >= 0.6 is 22.9 Å². The number of benzene rings is 2. The van der Waals surface area contributed by atoms with E-state index in [2.05, 4.69) is 5.32 Å². The minimum Gasteiger partial charge on any atom is -0.462 e. The van der Waals surface area contributed by atoms with Crippen molar-refractivity contribution in [1.29, 1.82) is 0 Å². The zero-order valence-electron chi connectivity index (χ0n) is 19.6. The van der Waals surface area contributed by atoms with Crippen molar-refractivity contribution in [2.75, 3.05) is 49.5 Å². The van der Waals surface area contributed by atoms with E-state index < -0.39 is 10.9 Å². The SMILES string of the molecule is CCOC(=O)c1sc(-c2ccccc2)cc1NC(=O)CN1CCN(c2ccc(Cl)cc2[N+](=O)[O-])CC1. The molecule has 1 N–H and O–H groups in total. The lowest BCUT2D eigenvalue weighted by molar-refractivity contribution is -0.384. The van der Waals surface area contributed by atoms with Crippen LogP contribution in [0.5, 0.6) is 0 Å². The van der Waals surface area contributed by atoms with E-state index >= 15 is 0 Å². The van der Waals surface area contributed by atoms with Crippen molar-refractivity contribution < 1.29 is 19.2 Å². The highest BCUT2D eigenvalue weighted by atomic mass is 35.5. The molecule has 1 saturated heterocycles. The van der Waals surface area contributed by atoms with Gasteiger partial charge in [-0.3, -0.25) is 19.8 Å². The summed E-state index contributed by atoms with van der Waals surface area (Å²) in [4.78, 5) is 41.5. The average Bonchev–Trinajstić information content (AvgIpc) is 3.29. The predicted molar refractivity (Wildman–Crippen MR) is 141 cm³/mol. The summed E-state index contributed by atoms with van der Waals surface area (Å²) in [6.45, 7) is 4.27. The zero-order chi connectivity index (χ0) is 25.7. The molecule has 2 aromatic carbocycles. The van der Waals surface area contributed by atoms with E-state index in [1.807, 2.05) is 40.1 Å². The van der Waals surface area contributed by atoms with Crippen molar-refractivity contribution in [3.8, 4) is 10.4 Å². The van der Waals surface area contributed by atoms with Crippen LogP contribution in [0.3, 0.4) is 0 Å². The topological polar surface area (TPSA) is 105 Å². The van der Waals surface area contributed by atoms with Gasteiger partial charge in [-0.2, -0.15) is 0 Å². The van der Waals surface area contributed by atoms with E-state index in [0.29, 0.717) is 47.5 Å². The molecule has 36 heavy (non-hydrogen) atoms. The van der Waals surface area contributed by atoms with Crippen molar-refractivity contribution in [1.82, 2.24) is 4.90 Å². The fraction of sp³-hybridized carbons (Fsp3) is 0.280. The summed E-state index contributed by atoms with van der Waals surface area (Å²) >= 11 is 7.20. The molecule has 0 aliphatic carbocycles. The van der Waals surface area contributed by atoms with Gasteiger partial charge in [0.05, 0.1) is 23.8 Å². The van der Waals surface area contributed by atoms with Crippen LogP contribution in [-0.2, 0) is 9.53 Å². The van der Waals surface area contributed by atoms with Crippen molar-refractivity contribution in [3.05, 3.63) is 74.6 Å². The molecular formula is C25H25ClN4O5S. The van der Waals surface area contributed by atoms with Crippen molar-refractivity contribution >= 4 is 51.9 Å². The number of halogens is 1. The average molecular weight is 529 g/mol. The summed E-state index contributed by atoms with van der Waals surface area (Å²) in [5.41, 5.74) is 1.85. The van der Waals surface area contributed by atoms with Crippen LogP contribution in [0.1, 0.15) is 16.6 Å². The molecule has 1 fully saturated rings. The fourth-order valence-electron chi connectivity index (χ4n) is 4.03. The van der Waals surface area contributed by atoms with Gasteiger partial charge < -0.3 is 15.0 Å². The Labute approximate surface area is 217 Å². The second-order valence-corrected chi connectivity index (χ2v) is 9.63. The molecule has 0 radical (unpaired) electrons. The highest BCUT2D eigenvalue weighted by Gasteiger charge is 2.26. The number of nitrogens with one attached hydrogen (secondary N) is 1.